The third kappa shape index (κ3) is 17.3. The number of nitro benzene ring substituents is 1. The molecule has 0 saturated heterocycles. The van der Waals surface area contributed by atoms with Crippen LogP contribution in [-0.4, -0.2) is 91.1 Å². The number of ether oxygens (including phenoxy) is 3. The van der Waals surface area contributed by atoms with Gasteiger partial charge in [-0.2, -0.15) is 11.8 Å². The molecule has 0 heterocycles. The number of hydrogen-bond acceptors (Lipinski definition) is 12. The minimum absolute atomic E-state index is 0.00623. The zero-order valence-electron chi connectivity index (χ0n) is 34.3. The summed E-state index contributed by atoms with van der Waals surface area (Å²) in [5.41, 5.74) is 5.23. The lowest BCUT2D eigenvalue weighted by Gasteiger charge is -2.27. The molecule has 0 bridgehead atoms. The van der Waals surface area contributed by atoms with Gasteiger partial charge < -0.3 is 35.5 Å². The molecule has 0 aliphatic carbocycles. The van der Waals surface area contributed by atoms with Crippen LogP contribution in [0.5, 0.6) is 11.5 Å². The summed E-state index contributed by atoms with van der Waals surface area (Å²) in [6.45, 7) is 10.6. The summed E-state index contributed by atoms with van der Waals surface area (Å²) >= 11 is 1.46. The van der Waals surface area contributed by atoms with E-state index in [-0.39, 0.29) is 66.9 Å². The lowest BCUT2D eigenvalue weighted by molar-refractivity contribution is -0.385. The molecule has 6 N–H and O–H groups in total. The predicted octanol–water partition coefficient (Wildman–Crippen LogP) is 4.10. The smallest absolute Gasteiger partial charge is 0.408 e. The molecule has 18 heteroatoms. The van der Waals surface area contributed by atoms with E-state index in [4.69, 9.17) is 14.2 Å². The summed E-state index contributed by atoms with van der Waals surface area (Å²) in [7, 11) is 2.91. The van der Waals surface area contributed by atoms with Gasteiger partial charge in [0.2, 0.25) is 17.7 Å². The highest BCUT2D eigenvalue weighted by atomic mass is 32.2. The Kier molecular flexibility index (Phi) is 20.1. The minimum Gasteiger partial charge on any atom is -0.493 e. The number of carbonyl (C=O) groups excluding carboxylic acids is 5. The second-order valence-corrected chi connectivity index (χ2v) is 15.7. The monoisotopic (exact) mass is 817 g/mol. The van der Waals surface area contributed by atoms with Gasteiger partial charge in [-0.25, -0.2) is 10.2 Å². The Balaban J connectivity index is 2.29. The molecule has 0 saturated carbocycles. The Morgan fingerprint density at radius 3 is 2.12 bits per heavy atom. The van der Waals surface area contributed by atoms with Gasteiger partial charge in [-0.1, -0.05) is 44.2 Å². The van der Waals surface area contributed by atoms with E-state index in [0.717, 1.165) is 5.56 Å². The zero-order valence-corrected chi connectivity index (χ0v) is 35.1. The molecule has 2 aromatic rings. The van der Waals surface area contributed by atoms with E-state index in [1.165, 1.54) is 38.1 Å². The fraction of sp³-hybridized carbons (Fsp3) is 0.564. The van der Waals surface area contributed by atoms with E-state index in [0.29, 0.717) is 12.2 Å². The van der Waals surface area contributed by atoms with Gasteiger partial charge >= 0.3 is 6.09 Å². The molecule has 0 radical (unpaired) electrons. The largest absolute Gasteiger partial charge is 0.493 e. The van der Waals surface area contributed by atoms with Crippen molar-refractivity contribution in [2.45, 2.75) is 103 Å². The average Bonchev–Trinajstić information content (AvgIpc) is 3.15. The van der Waals surface area contributed by atoms with Crippen LogP contribution in [0.2, 0.25) is 0 Å². The minimum atomic E-state index is -1.13. The fourth-order valence-electron chi connectivity index (χ4n) is 5.49. The number of hydrogen-bond donors (Lipinski definition) is 6. The molecule has 316 valence electrons. The molecule has 0 aliphatic rings. The summed E-state index contributed by atoms with van der Waals surface area (Å²) in [5, 5.41) is 22.8. The number of carbonyl (C=O) groups is 5. The Morgan fingerprint density at radius 1 is 0.895 bits per heavy atom. The number of hydrazine groups is 1. The maximum atomic E-state index is 14.0. The van der Waals surface area contributed by atoms with Crippen molar-refractivity contribution in [3.05, 3.63) is 63.7 Å². The quantitative estimate of drug-likeness (QED) is 0.0530. The van der Waals surface area contributed by atoms with Gasteiger partial charge in [0.1, 0.15) is 23.7 Å². The topological polar surface area (TPSA) is 228 Å². The summed E-state index contributed by atoms with van der Waals surface area (Å²) in [6, 6.07) is 7.67. The van der Waals surface area contributed by atoms with Crippen molar-refractivity contribution in [3.8, 4) is 11.5 Å². The first-order chi connectivity index (χ1) is 26.9. The highest BCUT2D eigenvalue weighted by Crippen LogP contribution is 2.37. The van der Waals surface area contributed by atoms with Crippen molar-refractivity contribution >= 4 is 47.2 Å². The molecule has 0 aliphatic heterocycles. The first-order valence-corrected chi connectivity index (χ1v) is 20.2. The molecule has 2 rings (SSSR count). The Labute approximate surface area is 339 Å². The lowest BCUT2D eigenvalue weighted by Crippen LogP contribution is -2.58. The van der Waals surface area contributed by atoms with Gasteiger partial charge in [0.15, 0.2) is 11.5 Å². The van der Waals surface area contributed by atoms with Crippen LogP contribution in [0.25, 0.3) is 0 Å². The van der Waals surface area contributed by atoms with Crippen LogP contribution in [-0.2, 0) is 30.3 Å². The highest BCUT2D eigenvalue weighted by Gasteiger charge is 2.32. The van der Waals surface area contributed by atoms with E-state index >= 15 is 0 Å². The van der Waals surface area contributed by atoms with Crippen molar-refractivity contribution in [2.24, 2.45) is 5.92 Å². The first kappa shape index (κ1) is 48.0. The van der Waals surface area contributed by atoms with E-state index < -0.39 is 58.5 Å². The molecule has 0 spiro atoms. The third-order valence-electron chi connectivity index (χ3n) is 8.35. The van der Waals surface area contributed by atoms with Crippen LogP contribution >= 0.6 is 11.8 Å². The summed E-state index contributed by atoms with van der Waals surface area (Å²) in [6.07, 6.45) is 2.25. The fourth-order valence-corrected chi connectivity index (χ4v) is 5.96. The number of nitro groups is 1. The highest BCUT2D eigenvalue weighted by molar-refractivity contribution is 7.98. The molecular weight excluding hydrogens is 759 g/mol. The summed E-state index contributed by atoms with van der Waals surface area (Å²) in [4.78, 5) is 77.1. The lowest BCUT2D eigenvalue weighted by atomic mass is 10.0. The van der Waals surface area contributed by atoms with Crippen LogP contribution in [0.3, 0.4) is 0 Å². The number of thioether (sulfide) groups is 1. The molecule has 0 aromatic heterocycles. The maximum absolute atomic E-state index is 14.0. The molecule has 1 unspecified atom stereocenters. The van der Waals surface area contributed by atoms with E-state index in [9.17, 15) is 34.1 Å². The van der Waals surface area contributed by atoms with Crippen LogP contribution in [0.4, 0.5) is 10.5 Å². The number of methoxy groups -OCH3 is 1. The van der Waals surface area contributed by atoms with Gasteiger partial charge in [-0.15, -0.1) is 0 Å². The van der Waals surface area contributed by atoms with Gasteiger partial charge in [0, 0.05) is 19.9 Å². The summed E-state index contributed by atoms with van der Waals surface area (Å²) < 4.78 is 16.5. The number of rotatable bonds is 23. The van der Waals surface area contributed by atoms with Gasteiger partial charge in [-0.05, 0) is 76.5 Å². The molecule has 57 heavy (non-hydrogen) atoms. The van der Waals surface area contributed by atoms with E-state index in [2.05, 4.69) is 32.1 Å². The van der Waals surface area contributed by atoms with Crippen molar-refractivity contribution in [1.82, 2.24) is 32.1 Å². The Morgan fingerprint density at radius 2 is 1.54 bits per heavy atom. The van der Waals surface area contributed by atoms with Gasteiger partial charge in [-0.3, -0.25) is 34.7 Å². The molecule has 2 aromatic carbocycles. The molecule has 0 fully saturated rings. The van der Waals surface area contributed by atoms with Crippen LogP contribution in [0.1, 0.15) is 84.4 Å². The van der Waals surface area contributed by atoms with Crippen LogP contribution < -0.4 is 41.6 Å². The standard InChI is InChI=1S/C39H59N7O10S/c1-24(2)20-29(43-38(51)56-39(4,5)6)35(48)42-30(21-26-14-11-10-12-15-26)36(49)41-28(17-19-57-9)37(50)45-44-25(3)27-22-32(54-8)33(23-31(27)46(52)53)55-18-13-16-34(47)40-7/h10-12,14-15,22-25,28-30,44H,13,16-21H2,1-9H3,(H,40,47)(H,41,49)(H,42,48)(H,43,51)(H,45,50)/t25?,28-,29-,30+/m0/s1. The normalized spacial score (nSPS) is 13.3. The first-order valence-electron chi connectivity index (χ1n) is 18.8. The third-order valence-corrected chi connectivity index (χ3v) is 8.99. The predicted molar refractivity (Wildman–Crippen MR) is 218 cm³/mol. The number of benzene rings is 2. The van der Waals surface area contributed by atoms with Crippen molar-refractivity contribution in [1.29, 1.82) is 0 Å². The number of nitrogens with one attached hydrogen (secondary N) is 6. The molecular formula is C39H59N7O10S. The van der Waals surface area contributed by atoms with Crippen LogP contribution in [0, 0.1) is 16.0 Å². The van der Waals surface area contributed by atoms with Crippen molar-refractivity contribution in [2.75, 3.05) is 32.8 Å². The molecule has 5 amide bonds. The van der Waals surface area contributed by atoms with Gasteiger partial charge in [0.25, 0.3) is 11.6 Å². The second kappa shape index (κ2) is 23.8. The average molecular weight is 818 g/mol. The van der Waals surface area contributed by atoms with E-state index in [1.54, 1.807) is 52.0 Å². The number of nitrogens with zero attached hydrogens (tertiary/aromatic N) is 1. The SMILES string of the molecule is CNC(=O)CCCOc1cc([N+](=O)[O-])c(C(C)NNC(=O)[C@H](CCSC)NC(=O)[C@@H](Cc2ccccc2)NC(=O)[C@H](CC(C)C)NC(=O)OC(C)(C)C)cc1OC. The summed E-state index contributed by atoms with van der Waals surface area (Å²) in [5.74, 6) is -1.18. The van der Waals surface area contributed by atoms with Gasteiger partial charge in [0.05, 0.1) is 36.3 Å². The number of alkyl carbamates (subject to hydrolysis) is 1. The number of amides is 5. The Bertz CT molecular complexity index is 1660. The van der Waals surface area contributed by atoms with Crippen molar-refractivity contribution < 1.29 is 43.1 Å². The maximum Gasteiger partial charge on any atom is 0.408 e. The second-order valence-electron chi connectivity index (χ2n) is 14.7. The molecule has 4 atom stereocenters. The van der Waals surface area contributed by atoms with E-state index in [1.807, 2.05) is 26.2 Å². The zero-order chi connectivity index (χ0) is 42.7. The Hall–Kier alpha value is -5.10. The van der Waals surface area contributed by atoms with Crippen molar-refractivity contribution in [3.63, 3.8) is 0 Å². The van der Waals surface area contributed by atoms with Crippen LogP contribution in [0.15, 0.2) is 42.5 Å². The molecule has 17 nitrogen and oxygen atoms in total.